The minimum atomic E-state index is -0.0786. The lowest BCUT2D eigenvalue weighted by molar-refractivity contribution is -0.0588. The monoisotopic (exact) mass is 271 g/mol. The van der Waals surface area contributed by atoms with Gasteiger partial charge in [-0.25, -0.2) is 0 Å². The highest BCUT2D eigenvalue weighted by Crippen LogP contribution is 2.22. The lowest BCUT2D eigenvalue weighted by atomic mass is 10.2. The fourth-order valence-corrected chi connectivity index (χ4v) is 2.60. The Morgan fingerprint density at radius 2 is 1.94 bits per heavy atom. The smallest absolute Gasteiger partial charge is 0.273 e. The molecule has 0 aromatic carbocycles. The van der Waals surface area contributed by atoms with Gasteiger partial charge in [-0.2, -0.15) is 5.10 Å². The number of carbonyl (C=O) groups excluding carboxylic acids is 1. The maximum absolute atomic E-state index is 12.5. The number of amides is 1. The molecule has 1 saturated heterocycles. The van der Waals surface area contributed by atoms with E-state index in [4.69, 9.17) is 16.3 Å². The second kappa shape index (κ2) is 4.90. The maximum atomic E-state index is 12.5. The van der Waals surface area contributed by atoms with E-state index in [1.807, 2.05) is 13.8 Å². The Morgan fingerprint density at radius 3 is 2.39 bits per heavy atom. The van der Waals surface area contributed by atoms with Gasteiger partial charge in [0.05, 0.1) is 22.9 Å². The van der Waals surface area contributed by atoms with Crippen LogP contribution >= 0.6 is 11.6 Å². The van der Waals surface area contributed by atoms with Gasteiger partial charge in [-0.15, -0.1) is 0 Å². The van der Waals surface area contributed by atoms with E-state index < -0.39 is 0 Å². The summed E-state index contributed by atoms with van der Waals surface area (Å²) in [4.78, 5) is 14.2. The molecule has 2 rings (SSSR count). The first kappa shape index (κ1) is 13.4. The van der Waals surface area contributed by atoms with E-state index in [0.29, 0.717) is 29.5 Å². The number of nitrogens with zero attached hydrogens (tertiary/aromatic N) is 3. The van der Waals surface area contributed by atoms with Gasteiger partial charge in [0.2, 0.25) is 0 Å². The van der Waals surface area contributed by atoms with Gasteiger partial charge in [0.25, 0.3) is 5.91 Å². The molecule has 6 heteroatoms. The first-order chi connectivity index (χ1) is 8.40. The minimum absolute atomic E-state index is 0.0470. The summed E-state index contributed by atoms with van der Waals surface area (Å²) in [5.74, 6) is -0.0786. The second-order valence-electron chi connectivity index (χ2n) is 4.84. The number of hydrogen-bond acceptors (Lipinski definition) is 3. The number of aryl methyl sites for hydroxylation is 2. The normalized spacial score (nSPS) is 24.4. The van der Waals surface area contributed by atoms with Gasteiger partial charge < -0.3 is 9.64 Å². The van der Waals surface area contributed by atoms with E-state index >= 15 is 0 Å². The molecular weight excluding hydrogens is 254 g/mol. The predicted octanol–water partition coefficient (Wildman–Crippen LogP) is 1.63. The molecule has 0 N–H and O–H groups in total. The van der Waals surface area contributed by atoms with Gasteiger partial charge in [-0.05, 0) is 20.8 Å². The molecule has 5 nitrogen and oxygen atoms in total. The lowest BCUT2D eigenvalue weighted by Crippen LogP contribution is -2.48. The maximum Gasteiger partial charge on any atom is 0.273 e. The van der Waals surface area contributed by atoms with Crippen LogP contribution in [-0.4, -0.2) is 45.9 Å². The number of aromatic nitrogens is 2. The van der Waals surface area contributed by atoms with Crippen LogP contribution in [0.4, 0.5) is 0 Å². The van der Waals surface area contributed by atoms with Crippen molar-refractivity contribution in [2.24, 2.45) is 7.05 Å². The molecule has 1 fully saturated rings. The van der Waals surface area contributed by atoms with Crippen molar-refractivity contribution in [2.75, 3.05) is 13.1 Å². The van der Waals surface area contributed by atoms with Crippen LogP contribution in [0.2, 0.25) is 5.02 Å². The van der Waals surface area contributed by atoms with Crippen molar-refractivity contribution >= 4 is 17.5 Å². The molecule has 2 unspecified atom stereocenters. The van der Waals surface area contributed by atoms with Gasteiger partial charge in [0, 0.05) is 20.1 Å². The Hall–Kier alpha value is -1.07. The van der Waals surface area contributed by atoms with Crippen LogP contribution in [-0.2, 0) is 11.8 Å². The fraction of sp³-hybridized carbons (Fsp3) is 0.667. The first-order valence-corrected chi connectivity index (χ1v) is 6.41. The van der Waals surface area contributed by atoms with E-state index in [1.54, 1.807) is 23.6 Å². The van der Waals surface area contributed by atoms with Gasteiger partial charge in [0.1, 0.15) is 5.69 Å². The highest BCUT2D eigenvalue weighted by molar-refractivity contribution is 6.34. The Kier molecular flexibility index (Phi) is 3.64. The van der Waals surface area contributed by atoms with Crippen LogP contribution in [0.25, 0.3) is 0 Å². The molecule has 0 radical (unpaired) electrons. The molecular formula is C12H18ClN3O2. The van der Waals surface area contributed by atoms with Gasteiger partial charge in [-0.3, -0.25) is 9.48 Å². The molecule has 0 saturated carbocycles. The number of morpholine rings is 1. The van der Waals surface area contributed by atoms with Crippen LogP contribution in [0.1, 0.15) is 30.0 Å². The van der Waals surface area contributed by atoms with Crippen molar-refractivity contribution in [2.45, 2.75) is 33.0 Å². The van der Waals surface area contributed by atoms with E-state index in [-0.39, 0.29) is 18.1 Å². The third-order valence-electron chi connectivity index (χ3n) is 3.06. The predicted molar refractivity (Wildman–Crippen MR) is 68.9 cm³/mol. The SMILES string of the molecule is Cc1nn(C)c(C(=O)N2CC(C)OC(C)C2)c1Cl. The zero-order valence-electron chi connectivity index (χ0n) is 11.1. The molecule has 0 aliphatic carbocycles. The molecule has 18 heavy (non-hydrogen) atoms. The van der Waals surface area contributed by atoms with Crippen LogP contribution in [0.3, 0.4) is 0 Å². The molecule has 0 spiro atoms. The summed E-state index contributed by atoms with van der Waals surface area (Å²) in [5, 5.41) is 4.61. The summed E-state index contributed by atoms with van der Waals surface area (Å²) in [5.41, 5.74) is 1.13. The summed E-state index contributed by atoms with van der Waals surface area (Å²) in [7, 11) is 1.74. The average molecular weight is 272 g/mol. The van der Waals surface area contributed by atoms with Gasteiger partial charge >= 0.3 is 0 Å². The first-order valence-electron chi connectivity index (χ1n) is 6.04. The average Bonchev–Trinajstić information content (AvgIpc) is 2.51. The van der Waals surface area contributed by atoms with E-state index in [9.17, 15) is 4.79 Å². The second-order valence-corrected chi connectivity index (χ2v) is 5.22. The van der Waals surface area contributed by atoms with Crippen molar-refractivity contribution in [1.82, 2.24) is 14.7 Å². The molecule has 1 aromatic rings. The van der Waals surface area contributed by atoms with Crippen LogP contribution in [0, 0.1) is 6.92 Å². The van der Waals surface area contributed by atoms with E-state index in [2.05, 4.69) is 5.10 Å². The summed E-state index contributed by atoms with van der Waals surface area (Å²) in [6.45, 7) is 6.90. The van der Waals surface area contributed by atoms with Crippen molar-refractivity contribution in [3.8, 4) is 0 Å². The fourth-order valence-electron chi connectivity index (χ4n) is 2.36. The molecule has 1 aliphatic heterocycles. The van der Waals surface area contributed by atoms with Crippen molar-refractivity contribution in [3.05, 3.63) is 16.4 Å². The highest BCUT2D eigenvalue weighted by atomic mass is 35.5. The number of rotatable bonds is 1. The summed E-state index contributed by atoms with van der Waals surface area (Å²) >= 11 is 6.14. The van der Waals surface area contributed by atoms with Crippen molar-refractivity contribution in [1.29, 1.82) is 0 Å². The Balaban J connectivity index is 2.25. The van der Waals surface area contributed by atoms with Gasteiger partial charge in [-0.1, -0.05) is 11.6 Å². The lowest BCUT2D eigenvalue weighted by Gasteiger charge is -2.35. The molecule has 2 heterocycles. The van der Waals surface area contributed by atoms with E-state index in [1.165, 1.54) is 0 Å². The van der Waals surface area contributed by atoms with E-state index in [0.717, 1.165) is 0 Å². The molecule has 1 aromatic heterocycles. The zero-order chi connectivity index (χ0) is 13.4. The zero-order valence-corrected chi connectivity index (χ0v) is 11.9. The topological polar surface area (TPSA) is 47.4 Å². The minimum Gasteiger partial charge on any atom is -0.372 e. The molecule has 0 bridgehead atoms. The molecule has 100 valence electrons. The third-order valence-corrected chi connectivity index (χ3v) is 3.51. The number of hydrogen-bond donors (Lipinski definition) is 0. The standard InChI is InChI=1S/C12H18ClN3O2/c1-7-5-16(6-8(2)18-7)12(17)11-10(13)9(3)14-15(11)4/h7-8H,5-6H2,1-4H3. The van der Waals surface area contributed by atoms with Crippen molar-refractivity contribution < 1.29 is 9.53 Å². The summed E-state index contributed by atoms with van der Waals surface area (Å²) in [6.07, 6.45) is 0.0941. The quantitative estimate of drug-likeness (QED) is 0.780. The Labute approximate surface area is 112 Å². The van der Waals surface area contributed by atoms with Crippen LogP contribution in [0.15, 0.2) is 0 Å². The van der Waals surface area contributed by atoms with Crippen LogP contribution in [0.5, 0.6) is 0 Å². The third kappa shape index (κ3) is 2.37. The number of carbonyl (C=O) groups is 1. The van der Waals surface area contributed by atoms with Crippen LogP contribution < -0.4 is 0 Å². The summed E-state index contributed by atoms with van der Waals surface area (Å²) in [6, 6.07) is 0. The largest absolute Gasteiger partial charge is 0.372 e. The number of halogens is 1. The highest BCUT2D eigenvalue weighted by Gasteiger charge is 2.30. The molecule has 1 amide bonds. The van der Waals surface area contributed by atoms with Crippen molar-refractivity contribution in [3.63, 3.8) is 0 Å². The van der Waals surface area contributed by atoms with Gasteiger partial charge in [0.15, 0.2) is 0 Å². The molecule has 1 aliphatic rings. The summed E-state index contributed by atoms with van der Waals surface area (Å²) < 4.78 is 7.17. The Morgan fingerprint density at radius 1 is 1.39 bits per heavy atom. The number of ether oxygens (including phenoxy) is 1. The molecule has 2 atom stereocenters. The Bertz CT molecular complexity index is 462.